The van der Waals surface area contributed by atoms with Gasteiger partial charge in [-0.15, -0.1) is 0 Å². The fraction of sp³-hybridized carbons (Fsp3) is 0.485. The predicted octanol–water partition coefficient (Wildman–Crippen LogP) is 4.88. The van der Waals surface area contributed by atoms with E-state index in [-0.39, 0.29) is 67.8 Å². The van der Waals surface area contributed by atoms with Gasteiger partial charge in [-0.25, -0.2) is 12.7 Å². The minimum atomic E-state index is -4.65. The average molecular weight is 661 g/mol. The van der Waals surface area contributed by atoms with E-state index in [1.54, 1.807) is 30.1 Å². The van der Waals surface area contributed by atoms with Gasteiger partial charge in [-0.1, -0.05) is 18.2 Å². The van der Waals surface area contributed by atoms with Gasteiger partial charge in [-0.05, 0) is 93.3 Å². The van der Waals surface area contributed by atoms with Crippen LogP contribution in [0.15, 0.2) is 53.5 Å². The van der Waals surface area contributed by atoms with Gasteiger partial charge in [0.15, 0.2) is 0 Å². The van der Waals surface area contributed by atoms with Gasteiger partial charge in [0.25, 0.3) is 11.8 Å². The zero-order valence-corrected chi connectivity index (χ0v) is 26.8. The number of piperidine rings is 1. The minimum Gasteiger partial charge on any atom is -0.493 e. The van der Waals surface area contributed by atoms with Crippen molar-refractivity contribution in [2.75, 3.05) is 39.0 Å². The molecule has 13 heteroatoms. The van der Waals surface area contributed by atoms with E-state index < -0.39 is 33.2 Å². The number of halogens is 3. The quantitative estimate of drug-likeness (QED) is 0.406. The highest BCUT2D eigenvalue weighted by Crippen LogP contribution is 2.36. The third-order valence-corrected chi connectivity index (χ3v) is 10.7. The van der Waals surface area contributed by atoms with Crippen LogP contribution < -0.4 is 10.1 Å². The maximum absolute atomic E-state index is 13.8. The first-order valence-corrected chi connectivity index (χ1v) is 17.1. The SMILES string of the molecule is Cc1cc2ccc1CCS(=O)(=O)N1CCC3(CC1)N=C(NC3=O)c1cc(cc(C(F)(F)F)c1)OCCC=CCCCCN(C)C2=O. The molecule has 5 aliphatic heterocycles. The van der Waals surface area contributed by atoms with Crippen molar-refractivity contribution in [3.8, 4) is 5.75 Å². The van der Waals surface area contributed by atoms with Gasteiger partial charge >= 0.3 is 6.18 Å². The number of hydrogen-bond donors (Lipinski definition) is 1. The molecule has 1 saturated heterocycles. The molecule has 1 fully saturated rings. The number of carbonyl (C=O) groups is 2. The second-order valence-electron chi connectivity index (χ2n) is 12.1. The molecule has 248 valence electrons. The molecule has 2 amide bonds. The molecule has 2 aromatic carbocycles. The van der Waals surface area contributed by atoms with Crippen LogP contribution in [-0.2, 0) is 27.4 Å². The first-order valence-electron chi connectivity index (χ1n) is 15.5. The fourth-order valence-electron chi connectivity index (χ4n) is 6.00. The van der Waals surface area contributed by atoms with E-state index in [1.807, 2.05) is 19.1 Å². The van der Waals surface area contributed by atoms with Crippen LogP contribution in [0.3, 0.4) is 0 Å². The Kier molecular flexibility index (Phi) is 9.92. The lowest BCUT2D eigenvalue weighted by Crippen LogP contribution is -2.50. The van der Waals surface area contributed by atoms with Crippen molar-refractivity contribution < 1.29 is 35.9 Å². The highest BCUT2D eigenvalue weighted by molar-refractivity contribution is 7.89. The summed E-state index contributed by atoms with van der Waals surface area (Å²) in [5, 5.41) is 2.64. The van der Waals surface area contributed by atoms with Gasteiger partial charge in [0.2, 0.25) is 10.0 Å². The molecule has 0 unspecified atom stereocenters. The smallest absolute Gasteiger partial charge is 0.416 e. The Bertz CT molecular complexity index is 1650. The lowest BCUT2D eigenvalue weighted by Gasteiger charge is -2.34. The van der Waals surface area contributed by atoms with E-state index in [0.29, 0.717) is 18.5 Å². The van der Waals surface area contributed by atoms with Crippen molar-refractivity contribution in [3.63, 3.8) is 0 Å². The molecule has 1 N–H and O–H groups in total. The van der Waals surface area contributed by atoms with Crippen molar-refractivity contribution in [3.05, 3.63) is 76.4 Å². The number of aliphatic imine (C=N–C) groups is 1. The predicted molar refractivity (Wildman–Crippen MR) is 168 cm³/mol. The molecule has 9 nitrogen and oxygen atoms in total. The molecule has 7 bridgehead atoms. The summed E-state index contributed by atoms with van der Waals surface area (Å²) in [6.45, 7) is 2.69. The van der Waals surface area contributed by atoms with E-state index in [2.05, 4.69) is 10.3 Å². The van der Waals surface area contributed by atoms with E-state index in [1.165, 1.54) is 10.4 Å². The number of benzene rings is 2. The number of carbonyl (C=O) groups excluding carboxylic acids is 2. The molecular weight excluding hydrogens is 621 g/mol. The number of nitrogens with zero attached hydrogens (tertiary/aromatic N) is 3. The maximum atomic E-state index is 13.8. The topological polar surface area (TPSA) is 108 Å². The average Bonchev–Trinajstić information content (AvgIpc) is 3.33. The van der Waals surface area contributed by atoms with E-state index >= 15 is 0 Å². The Morgan fingerprint density at radius 2 is 1.70 bits per heavy atom. The van der Waals surface area contributed by atoms with Gasteiger partial charge in [-0.2, -0.15) is 13.2 Å². The summed E-state index contributed by atoms with van der Waals surface area (Å²) in [6, 6.07) is 8.61. The van der Waals surface area contributed by atoms with Crippen LogP contribution in [0.1, 0.15) is 71.1 Å². The molecule has 0 atom stereocenters. The third kappa shape index (κ3) is 7.63. The summed E-state index contributed by atoms with van der Waals surface area (Å²) in [5.41, 5.74) is 0.0916. The molecule has 0 aromatic heterocycles. The van der Waals surface area contributed by atoms with Crippen molar-refractivity contribution >= 4 is 27.7 Å². The summed E-state index contributed by atoms with van der Waals surface area (Å²) >= 11 is 0. The first kappa shape index (κ1) is 33.6. The van der Waals surface area contributed by atoms with Crippen molar-refractivity contribution in [2.45, 2.75) is 63.6 Å². The van der Waals surface area contributed by atoms with Crippen LogP contribution in [-0.4, -0.2) is 79.9 Å². The number of alkyl halides is 3. The van der Waals surface area contributed by atoms with Gasteiger partial charge in [-0.3, -0.25) is 14.6 Å². The number of allylic oxidation sites excluding steroid dienone is 1. The third-order valence-electron chi connectivity index (χ3n) is 8.83. The summed E-state index contributed by atoms with van der Waals surface area (Å²) in [5.74, 6) is -0.692. The number of ether oxygens (including phenoxy) is 1. The molecule has 1 spiro atoms. The molecule has 0 saturated carbocycles. The molecular formula is C33H39F3N4O5S. The monoisotopic (exact) mass is 660 g/mol. The van der Waals surface area contributed by atoms with Crippen LogP contribution in [0, 0.1) is 6.92 Å². The Labute approximate surface area is 267 Å². The molecule has 5 heterocycles. The van der Waals surface area contributed by atoms with Crippen molar-refractivity contribution in [1.82, 2.24) is 14.5 Å². The van der Waals surface area contributed by atoms with Crippen molar-refractivity contribution in [1.29, 1.82) is 0 Å². The normalized spacial score (nSPS) is 24.7. The number of sulfonamides is 1. The lowest BCUT2D eigenvalue weighted by molar-refractivity contribution is -0.137. The first-order chi connectivity index (χ1) is 21.8. The molecule has 0 radical (unpaired) electrons. The van der Waals surface area contributed by atoms with Crippen LogP contribution >= 0.6 is 0 Å². The van der Waals surface area contributed by atoms with E-state index in [4.69, 9.17) is 4.74 Å². The molecule has 7 rings (SSSR count). The second-order valence-corrected chi connectivity index (χ2v) is 14.2. The number of rotatable bonds is 0. The number of nitrogens with one attached hydrogen (secondary N) is 1. The lowest BCUT2D eigenvalue weighted by atomic mass is 9.89. The Morgan fingerprint density at radius 1 is 0.957 bits per heavy atom. The molecule has 46 heavy (non-hydrogen) atoms. The van der Waals surface area contributed by atoms with Gasteiger partial charge in [0.05, 0.1) is 17.9 Å². The standard InChI is InChI=1S/C33H39F3N4O5S/c1-23-19-25-10-9-24(23)11-18-46(43,44)40-15-12-32(13-16-40)31(42)37-29(38-32)26-20-27(33(34,35)36)22-28(21-26)45-17-8-6-4-3-5-7-14-39(2)30(25)41/h4,6,9-10,19-22H,3,5,7-8,11-18H2,1-2H3,(H,37,38,42). The van der Waals surface area contributed by atoms with Crippen molar-refractivity contribution in [2.24, 2.45) is 4.99 Å². The minimum absolute atomic E-state index is 0.00558. The van der Waals surface area contributed by atoms with Gasteiger partial charge in [0.1, 0.15) is 17.1 Å². The van der Waals surface area contributed by atoms with Crippen LogP contribution in [0.25, 0.3) is 0 Å². The number of hydrogen-bond acceptors (Lipinski definition) is 6. The molecule has 5 aliphatic rings. The molecule has 2 aromatic rings. The zero-order valence-electron chi connectivity index (χ0n) is 26.0. The molecule has 0 aliphatic carbocycles. The zero-order chi connectivity index (χ0) is 33.1. The fourth-order valence-corrected chi connectivity index (χ4v) is 7.48. The number of amidine groups is 1. The number of aryl methyl sites for hydroxylation is 2. The number of fused-ring (bicyclic) bond motifs is 2. The maximum Gasteiger partial charge on any atom is 0.416 e. The number of amides is 2. The Balaban J connectivity index is 1.40. The summed E-state index contributed by atoms with van der Waals surface area (Å²) in [7, 11) is -1.92. The second kappa shape index (κ2) is 13.6. The highest BCUT2D eigenvalue weighted by Gasteiger charge is 2.47. The van der Waals surface area contributed by atoms with Crippen LogP contribution in [0.2, 0.25) is 0 Å². The van der Waals surface area contributed by atoms with Crippen LogP contribution in [0.5, 0.6) is 5.75 Å². The Hall–Kier alpha value is -3.71. The summed E-state index contributed by atoms with van der Waals surface area (Å²) in [4.78, 5) is 32.4. The summed E-state index contributed by atoms with van der Waals surface area (Å²) < 4.78 is 75.0. The van der Waals surface area contributed by atoms with Crippen LogP contribution in [0.4, 0.5) is 13.2 Å². The highest BCUT2D eigenvalue weighted by atomic mass is 32.2. The largest absolute Gasteiger partial charge is 0.493 e. The summed E-state index contributed by atoms with van der Waals surface area (Å²) in [6.07, 6.45) is 2.63. The Morgan fingerprint density at radius 3 is 2.41 bits per heavy atom. The van der Waals surface area contributed by atoms with E-state index in [9.17, 15) is 31.2 Å². The van der Waals surface area contributed by atoms with Gasteiger partial charge < -0.3 is 15.0 Å². The van der Waals surface area contributed by atoms with Gasteiger partial charge in [0, 0.05) is 37.8 Å². The van der Waals surface area contributed by atoms with E-state index in [0.717, 1.165) is 42.5 Å².